The minimum atomic E-state index is -4.06. The van der Waals surface area contributed by atoms with Gasteiger partial charge in [-0.3, -0.25) is 4.90 Å². The third-order valence-electron chi connectivity index (χ3n) is 2.96. The Morgan fingerprint density at radius 1 is 0.889 bits per heavy atom. The zero-order valence-corrected chi connectivity index (χ0v) is 12.8. The molecule has 110 valence electrons. The van der Waals surface area contributed by atoms with Crippen LogP contribution in [0.25, 0.3) is 0 Å². The lowest BCUT2D eigenvalue weighted by Gasteiger charge is -2.21. The highest BCUT2D eigenvalue weighted by Gasteiger charge is 2.29. The van der Waals surface area contributed by atoms with Crippen LogP contribution in [0.5, 0.6) is 0 Å². The van der Waals surface area contributed by atoms with Crippen LogP contribution in [0.3, 0.4) is 0 Å². The zero-order valence-electron chi connectivity index (χ0n) is 11.2. The molecule has 0 aromatic rings. The molecule has 0 radical (unpaired) electrons. The van der Waals surface area contributed by atoms with Crippen LogP contribution < -0.4 is 0 Å². The van der Waals surface area contributed by atoms with Gasteiger partial charge in [-0.15, -0.1) is 0 Å². The molecule has 0 saturated heterocycles. The Balaban J connectivity index is 3.40. The molecule has 0 saturated carbocycles. The smallest absolute Gasteiger partial charge is 0.295 e. The Morgan fingerprint density at radius 3 is 1.83 bits per heavy atom. The van der Waals surface area contributed by atoms with E-state index in [0.29, 0.717) is 13.1 Å². The summed E-state index contributed by atoms with van der Waals surface area (Å²) in [5, 5.41) is 1.07. The molecule has 0 atom stereocenters. The lowest BCUT2D eigenvalue weighted by molar-refractivity contribution is -0.145. The van der Waals surface area contributed by atoms with Crippen molar-refractivity contribution in [1.29, 1.82) is 0 Å². The molecule has 0 spiro atoms. The van der Waals surface area contributed by atoms with E-state index in [1.807, 2.05) is 0 Å². The topological polar surface area (TPSA) is 3.24 Å². The fraction of sp³-hybridized carbons (Fsp3) is 1.00. The monoisotopic (exact) mass is 331 g/mol. The zero-order chi connectivity index (χ0) is 13.9. The number of unbranched alkanes of at least 4 members (excludes halogenated alkanes) is 6. The van der Waals surface area contributed by atoms with Gasteiger partial charge in [-0.25, -0.2) is 0 Å². The van der Waals surface area contributed by atoms with Crippen molar-refractivity contribution >= 4 is 15.9 Å². The summed E-state index contributed by atoms with van der Waals surface area (Å²) in [7, 11) is 0. The molecule has 0 aromatic heterocycles. The summed E-state index contributed by atoms with van der Waals surface area (Å²) >= 11 is 3.39. The first-order valence-electron chi connectivity index (χ1n) is 6.84. The van der Waals surface area contributed by atoms with Gasteiger partial charge < -0.3 is 0 Å². The third-order valence-corrected chi connectivity index (χ3v) is 3.52. The minimum Gasteiger partial charge on any atom is -0.295 e. The lowest BCUT2D eigenvalue weighted by Crippen LogP contribution is -2.34. The van der Waals surface area contributed by atoms with Crippen molar-refractivity contribution < 1.29 is 13.2 Å². The summed E-state index contributed by atoms with van der Waals surface area (Å²) in [6.07, 6.45) is 3.92. The van der Waals surface area contributed by atoms with E-state index in [1.54, 1.807) is 6.92 Å². The van der Waals surface area contributed by atoms with Gasteiger partial charge in [0.15, 0.2) is 0 Å². The lowest BCUT2D eigenvalue weighted by atomic mass is 10.1. The van der Waals surface area contributed by atoms with Crippen LogP contribution in [0, 0.1) is 0 Å². The number of nitrogens with zero attached hydrogens (tertiary/aromatic N) is 1. The third kappa shape index (κ3) is 12.7. The average molecular weight is 332 g/mol. The van der Waals surface area contributed by atoms with Crippen molar-refractivity contribution in [2.75, 3.05) is 25.0 Å². The highest BCUT2D eigenvalue weighted by atomic mass is 79.9. The first-order valence-corrected chi connectivity index (χ1v) is 7.97. The molecule has 0 aliphatic carbocycles. The summed E-state index contributed by atoms with van der Waals surface area (Å²) in [4.78, 5) is 1.48. The highest BCUT2D eigenvalue weighted by Crippen LogP contribution is 2.17. The van der Waals surface area contributed by atoms with Crippen LogP contribution in [-0.4, -0.2) is 36.0 Å². The maximum absolute atomic E-state index is 12.2. The summed E-state index contributed by atoms with van der Waals surface area (Å²) in [5.74, 6) is 0. The molecule has 0 bridgehead atoms. The van der Waals surface area contributed by atoms with Gasteiger partial charge in [0.1, 0.15) is 0 Å². The van der Waals surface area contributed by atoms with Crippen LogP contribution in [0.15, 0.2) is 0 Å². The Labute approximate surface area is 117 Å². The predicted molar refractivity (Wildman–Crippen MR) is 74.3 cm³/mol. The van der Waals surface area contributed by atoms with Gasteiger partial charge in [-0.2, -0.15) is 13.2 Å². The second kappa shape index (κ2) is 11.1. The molecular formula is C13H25BrF3N. The first kappa shape index (κ1) is 18.2. The quantitative estimate of drug-likeness (QED) is 0.380. The molecule has 0 amide bonds. The van der Waals surface area contributed by atoms with E-state index in [1.165, 1.54) is 30.6 Å². The molecule has 0 aliphatic rings. The second-order valence-corrected chi connectivity index (χ2v) is 5.44. The molecule has 0 aromatic carbocycles. The van der Waals surface area contributed by atoms with Gasteiger partial charge >= 0.3 is 6.18 Å². The molecular weight excluding hydrogens is 307 g/mol. The fourth-order valence-electron chi connectivity index (χ4n) is 1.92. The van der Waals surface area contributed by atoms with E-state index in [-0.39, 0.29) is 0 Å². The van der Waals surface area contributed by atoms with Crippen LogP contribution in [-0.2, 0) is 0 Å². The first-order chi connectivity index (χ1) is 8.49. The van der Waals surface area contributed by atoms with Crippen LogP contribution >= 0.6 is 15.9 Å². The highest BCUT2D eigenvalue weighted by molar-refractivity contribution is 9.09. The number of alkyl halides is 4. The summed E-state index contributed by atoms with van der Waals surface area (Å²) in [5.41, 5.74) is 0. The van der Waals surface area contributed by atoms with Crippen molar-refractivity contribution in [1.82, 2.24) is 4.90 Å². The van der Waals surface area contributed by atoms with Crippen molar-refractivity contribution in [3.05, 3.63) is 0 Å². The van der Waals surface area contributed by atoms with E-state index in [0.717, 1.165) is 24.6 Å². The van der Waals surface area contributed by atoms with E-state index in [9.17, 15) is 13.2 Å². The van der Waals surface area contributed by atoms with Crippen molar-refractivity contribution in [2.45, 2.75) is 58.0 Å². The Hall–Kier alpha value is 0.230. The van der Waals surface area contributed by atoms with E-state index >= 15 is 0 Å². The van der Waals surface area contributed by atoms with Gasteiger partial charge in [0.25, 0.3) is 0 Å². The van der Waals surface area contributed by atoms with Crippen molar-refractivity contribution in [3.63, 3.8) is 0 Å². The summed E-state index contributed by atoms with van der Waals surface area (Å²) < 4.78 is 36.6. The summed E-state index contributed by atoms with van der Waals surface area (Å²) in [6, 6.07) is 0. The van der Waals surface area contributed by atoms with Crippen LogP contribution in [0.2, 0.25) is 0 Å². The van der Waals surface area contributed by atoms with Gasteiger partial charge in [0.2, 0.25) is 0 Å². The molecule has 0 fully saturated rings. The number of hydrogen-bond donors (Lipinski definition) is 0. The SMILES string of the molecule is CCN(CCCCCCCCCBr)CC(F)(F)F. The van der Waals surface area contributed by atoms with E-state index in [4.69, 9.17) is 0 Å². The Kier molecular flexibility index (Phi) is 11.2. The molecule has 18 heavy (non-hydrogen) atoms. The number of hydrogen-bond acceptors (Lipinski definition) is 1. The average Bonchev–Trinajstić information content (AvgIpc) is 2.29. The normalized spacial score (nSPS) is 12.3. The maximum atomic E-state index is 12.2. The van der Waals surface area contributed by atoms with E-state index < -0.39 is 12.7 Å². The van der Waals surface area contributed by atoms with Crippen LogP contribution in [0.4, 0.5) is 13.2 Å². The molecule has 1 nitrogen and oxygen atoms in total. The van der Waals surface area contributed by atoms with Gasteiger partial charge in [-0.1, -0.05) is 55.0 Å². The minimum absolute atomic E-state index is 0.477. The van der Waals surface area contributed by atoms with Gasteiger partial charge in [-0.05, 0) is 25.9 Å². The maximum Gasteiger partial charge on any atom is 0.401 e. The molecule has 5 heteroatoms. The Morgan fingerprint density at radius 2 is 1.39 bits per heavy atom. The molecule has 0 heterocycles. The predicted octanol–water partition coefficient (Wildman–Crippen LogP) is 5.00. The summed E-state index contributed by atoms with van der Waals surface area (Å²) in [6.45, 7) is 2.06. The fourth-order valence-corrected chi connectivity index (χ4v) is 2.31. The largest absolute Gasteiger partial charge is 0.401 e. The van der Waals surface area contributed by atoms with E-state index in [2.05, 4.69) is 15.9 Å². The van der Waals surface area contributed by atoms with Crippen LogP contribution in [0.1, 0.15) is 51.9 Å². The Bertz CT molecular complexity index is 186. The van der Waals surface area contributed by atoms with Gasteiger partial charge in [0.05, 0.1) is 6.54 Å². The van der Waals surface area contributed by atoms with Crippen molar-refractivity contribution in [2.24, 2.45) is 0 Å². The van der Waals surface area contributed by atoms with Crippen molar-refractivity contribution in [3.8, 4) is 0 Å². The second-order valence-electron chi connectivity index (χ2n) is 4.65. The standard InChI is InChI=1S/C13H25BrF3N/c1-2-18(12-13(15,16)17)11-9-7-5-3-4-6-8-10-14/h2-12H2,1H3. The number of halogens is 4. The number of rotatable bonds is 11. The molecule has 0 N–H and O–H groups in total. The molecule has 0 aliphatic heterocycles. The molecule has 0 rings (SSSR count). The van der Waals surface area contributed by atoms with Gasteiger partial charge in [0, 0.05) is 5.33 Å². The molecule has 0 unspecified atom stereocenters.